The van der Waals surface area contributed by atoms with Crippen LogP contribution in [0.15, 0.2) is 0 Å². The number of hydroxylamine groups is 3. The summed E-state index contributed by atoms with van der Waals surface area (Å²) in [6.45, 7) is 0.956. The molecule has 11 nitrogen and oxygen atoms in total. The van der Waals surface area contributed by atoms with E-state index in [1.54, 1.807) is 7.05 Å². The Morgan fingerprint density at radius 3 is 2.82 bits per heavy atom. The summed E-state index contributed by atoms with van der Waals surface area (Å²) in [5.74, 6) is -0.489. The number of carbonyl (C=O) groups excluding carboxylic acids is 2. The van der Waals surface area contributed by atoms with Gasteiger partial charge in [-0.3, -0.25) is 14.2 Å². The van der Waals surface area contributed by atoms with Crippen molar-refractivity contribution >= 4 is 22.3 Å². The fourth-order valence-corrected chi connectivity index (χ4v) is 2.84. The van der Waals surface area contributed by atoms with Crippen LogP contribution in [0.5, 0.6) is 0 Å². The summed E-state index contributed by atoms with van der Waals surface area (Å²) in [5.41, 5.74) is 2.25. The maximum atomic E-state index is 12.1. The first-order valence-electron chi connectivity index (χ1n) is 6.66. The van der Waals surface area contributed by atoms with Crippen molar-refractivity contribution in [3.8, 4) is 0 Å². The molecule has 0 radical (unpaired) electrons. The monoisotopic (exact) mass is 338 g/mol. The molecule has 2 aliphatic rings. The molecule has 2 bridgehead atoms. The van der Waals surface area contributed by atoms with Crippen molar-refractivity contribution in [1.29, 1.82) is 0 Å². The molecule has 22 heavy (non-hydrogen) atoms. The molecule has 2 atom stereocenters. The Bertz CT molecular complexity index is 539. The fourth-order valence-electron chi connectivity index (χ4n) is 2.45. The van der Waals surface area contributed by atoms with Gasteiger partial charge in [-0.15, -0.1) is 4.28 Å². The van der Waals surface area contributed by atoms with Crippen LogP contribution in [0.4, 0.5) is 4.79 Å². The molecule has 0 aromatic carbocycles. The minimum absolute atomic E-state index is 0.142. The molecule has 0 aromatic rings. The highest BCUT2D eigenvalue weighted by Gasteiger charge is 2.49. The summed E-state index contributed by atoms with van der Waals surface area (Å²) in [6.07, 6.45) is 0.704. The predicted molar refractivity (Wildman–Crippen MR) is 71.4 cm³/mol. The fraction of sp³-hybridized carbons (Fsp3) is 0.800. The zero-order valence-corrected chi connectivity index (χ0v) is 12.7. The average Bonchev–Trinajstić information content (AvgIpc) is 2.67. The predicted octanol–water partition coefficient (Wildman–Crippen LogP) is -1.74. The van der Waals surface area contributed by atoms with Crippen LogP contribution in [0, 0.1) is 0 Å². The highest BCUT2D eigenvalue weighted by atomic mass is 32.3. The number of rotatable bonds is 7. The Morgan fingerprint density at radius 2 is 2.18 bits per heavy atom. The zero-order chi connectivity index (χ0) is 16.3. The van der Waals surface area contributed by atoms with Gasteiger partial charge in [-0.1, -0.05) is 0 Å². The molecular formula is C10H18N4O7S. The summed E-state index contributed by atoms with van der Waals surface area (Å²) < 4.78 is 34.5. The molecule has 0 aliphatic carbocycles. The number of hydrogen-bond acceptors (Lipinski definition) is 7. The van der Waals surface area contributed by atoms with E-state index in [1.165, 1.54) is 4.90 Å². The van der Waals surface area contributed by atoms with E-state index in [9.17, 15) is 18.0 Å². The second kappa shape index (κ2) is 6.75. The summed E-state index contributed by atoms with van der Waals surface area (Å²) in [4.78, 5) is 30.2. The molecule has 2 saturated heterocycles. The van der Waals surface area contributed by atoms with Crippen LogP contribution in [-0.2, 0) is 24.3 Å². The van der Waals surface area contributed by atoms with Crippen LogP contribution >= 0.6 is 0 Å². The standard InChI is InChI=1S/C10H18N4O7S/c1-11-4-5-20-12-9(15)8-3-2-7-6-13(8)10(16)14(7)21-22(17,18)19/h7-8,11H,2-6H2,1H3,(H,12,15)(H,17,18,19)/t7-,8?/m1/s1. The third-order valence-corrected chi connectivity index (χ3v) is 3.78. The quantitative estimate of drug-likeness (QED) is 0.282. The van der Waals surface area contributed by atoms with Gasteiger partial charge in [0.1, 0.15) is 6.04 Å². The third-order valence-electron chi connectivity index (χ3n) is 3.43. The first kappa shape index (κ1) is 16.9. The lowest BCUT2D eigenvalue weighted by Gasteiger charge is -2.28. The van der Waals surface area contributed by atoms with E-state index in [4.69, 9.17) is 9.39 Å². The van der Waals surface area contributed by atoms with Gasteiger partial charge in [0.25, 0.3) is 5.91 Å². The maximum Gasteiger partial charge on any atom is 0.418 e. The van der Waals surface area contributed by atoms with Crippen LogP contribution in [0.1, 0.15) is 12.8 Å². The number of nitrogens with one attached hydrogen (secondary N) is 2. The van der Waals surface area contributed by atoms with Crippen LogP contribution < -0.4 is 10.8 Å². The van der Waals surface area contributed by atoms with Crippen molar-refractivity contribution in [3.63, 3.8) is 0 Å². The number of nitrogens with zero attached hydrogens (tertiary/aromatic N) is 2. The Kier molecular flexibility index (Phi) is 5.18. The summed E-state index contributed by atoms with van der Waals surface area (Å²) in [7, 11) is -3.06. The lowest BCUT2D eigenvalue weighted by Crippen LogP contribution is -2.50. The average molecular weight is 338 g/mol. The normalized spacial score (nSPS) is 24.7. The van der Waals surface area contributed by atoms with Crippen molar-refractivity contribution in [2.45, 2.75) is 24.9 Å². The third kappa shape index (κ3) is 3.84. The second-order valence-electron chi connectivity index (χ2n) is 4.93. The molecule has 3 amide bonds. The number of piperidine rings is 1. The molecule has 2 heterocycles. The Balaban J connectivity index is 1.95. The van der Waals surface area contributed by atoms with Gasteiger partial charge >= 0.3 is 16.4 Å². The second-order valence-corrected chi connectivity index (χ2v) is 5.93. The van der Waals surface area contributed by atoms with E-state index >= 15 is 0 Å². The summed E-state index contributed by atoms with van der Waals surface area (Å²) >= 11 is 0. The SMILES string of the molecule is CNCCONC(=O)C1CC[C@@H]2CN1C(=O)N2OS(=O)(=O)O. The van der Waals surface area contributed by atoms with Crippen molar-refractivity contribution in [2.24, 2.45) is 0 Å². The maximum absolute atomic E-state index is 12.1. The molecule has 0 saturated carbocycles. The number of amides is 3. The van der Waals surface area contributed by atoms with Gasteiger partial charge < -0.3 is 10.2 Å². The molecule has 12 heteroatoms. The van der Waals surface area contributed by atoms with Crippen LogP contribution in [0.2, 0.25) is 0 Å². The lowest BCUT2D eigenvalue weighted by atomic mass is 10.0. The first-order valence-corrected chi connectivity index (χ1v) is 8.03. The van der Waals surface area contributed by atoms with Gasteiger partial charge in [0.05, 0.1) is 12.6 Å². The number of hydrogen-bond donors (Lipinski definition) is 3. The van der Waals surface area contributed by atoms with E-state index in [2.05, 4.69) is 15.1 Å². The molecule has 0 aromatic heterocycles. The molecule has 3 N–H and O–H groups in total. The number of likely N-dealkylation sites (N-methyl/N-ethyl adjacent to an activating group) is 1. The van der Waals surface area contributed by atoms with E-state index in [0.29, 0.717) is 24.4 Å². The van der Waals surface area contributed by atoms with Gasteiger partial charge in [-0.05, 0) is 19.9 Å². The van der Waals surface area contributed by atoms with Gasteiger partial charge in [-0.25, -0.2) is 10.3 Å². The molecule has 0 spiro atoms. The number of carbonyl (C=O) groups is 2. The zero-order valence-electron chi connectivity index (χ0n) is 11.9. The molecular weight excluding hydrogens is 320 g/mol. The van der Waals surface area contributed by atoms with E-state index in [-0.39, 0.29) is 13.2 Å². The van der Waals surface area contributed by atoms with Gasteiger partial charge in [0.15, 0.2) is 0 Å². The number of urea groups is 1. The molecule has 2 aliphatic heterocycles. The smallest absolute Gasteiger partial charge is 0.317 e. The Labute approximate surface area is 127 Å². The summed E-state index contributed by atoms with van der Waals surface area (Å²) in [6, 6.07) is -2.08. The van der Waals surface area contributed by atoms with Crippen LogP contribution in [0.3, 0.4) is 0 Å². The van der Waals surface area contributed by atoms with E-state index in [0.717, 1.165) is 0 Å². The Morgan fingerprint density at radius 1 is 1.45 bits per heavy atom. The first-order chi connectivity index (χ1) is 10.3. The van der Waals surface area contributed by atoms with Crippen molar-refractivity contribution in [1.82, 2.24) is 20.8 Å². The van der Waals surface area contributed by atoms with Gasteiger partial charge in [-0.2, -0.15) is 13.5 Å². The van der Waals surface area contributed by atoms with Crippen LogP contribution in [-0.4, -0.2) is 73.7 Å². The lowest BCUT2D eigenvalue weighted by molar-refractivity contribution is -0.138. The van der Waals surface area contributed by atoms with E-state index < -0.39 is 34.4 Å². The topological polar surface area (TPSA) is 138 Å². The van der Waals surface area contributed by atoms with Gasteiger partial charge in [0.2, 0.25) is 0 Å². The van der Waals surface area contributed by atoms with Crippen molar-refractivity contribution < 1.29 is 31.7 Å². The van der Waals surface area contributed by atoms with E-state index in [1.807, 2.05) is 0 Å². The number of fused-ring (bicyclic) bond motifs is 2. The summed E-state index contributed by atoms with van der Waals surface area (Å²) in [5, 5.41) is 3.43. The Hall–Kier alpha value is -1.47. The molecule has 126 valence electrons. The molecule has 2 rings (SSSR count). The highest BCUT2D eigenvalue weighted by molar-refractivity contribution is 7.80. The van der Waals surface area contributed by atoms with Crippen LogP contribution in [0.25, 0.3) is 0 Å². The highest BCUT2D eigenvalue weighted by Crippen LogP contribution is 2.30. The molecule has 2 fully saturated rings. The minimum Gasteiger partial charge on any atom is -0.317 e. The van der Waals surface area contributed by atoms with Gasteiger partial charge in [0, 0.05) is 13.1 Å². The minimum atomic E-state index is -4.79. The largest absolute Gasteiger partial charge is 0.418 e. The molecule has 1 unspecified atom stereocenters. The van der Waals surface area contributed by atoms with Crippen molar-refractivity contribution in [3.05, 3.63) is 0 Å². The van der Waals surface area contributed by atoms with Crippen molar-refractivity contribution in [2.75, 3.05) is 26.7 Å².